The van der Waals surface area contributed by atoms with Crippen molar-refractivity contribution in [3.63, 3.8) is 0 Å². The van der Waals surface area contributed by atoms with E-state index >= 15 is 0 Å². The number of ether oxygens (including phenoxy) is 1. The van der Waals surface area contributed by atoms with Gasteiger partial charge in [0.1, 0.15) is 22.9 Å². The second-order valence-corrected chi connectivity index (χ2v) is 6.61. The molecule has 1 fully saturated rings. The van der Waals surface area contributed by atoms with Crippen LogP contribution in [0.15, 0.2) is 26.6 Å². The summed E-state index contributed by atoms with van der Waals surface area (Å²) in [6.07, 6.45) is 4.78. The summed E-state index contributed by atoms with van der Waals surface area (Å²) in [5.41, 5.74) is 12.1. The number of hydrogen-bond donors (Lipinski definition) is 2. The van der Waals surface area contributed by atoms with E-state index in [0.717, 1.165) is 32.1 Å². The molecule has 1 aromatic carbocycles. The van der Waals surface area contributed by atoms with Crippen LogP contribution in [0.5, 0.6) is 5.75 Å². The second-order valence-electron chi connectivity index (χ2n) is 5.76. The minimum absolute atomic E-state index is 0.179. The van der Waals surface area contributed by atoms with Crippen LogP contribution in [-0.2, 0) is 0 Å². The fourth-order valence-corrected chi connectivity index (χ4v) is 3.95. The van der Waals surface area contributed by atoms with Crippen molar-refractivity contribution in [2.75, 3.05) is 12.0 Å². The lowest BCUT2D eigenvalue weighted by Gasteiger charge is -2.46. The molecule has 6 nitrogen and oxygen atoms in total. The Morgan fingerprint density at radius 3 is 2.61 bits per heavy atom. The van der Waals surface area contributed by atoms with Crippen molar-refractivity contribution in [2.24, 2.45) is 21.5 Å². The summed E-state index contributed by atoms with van der Waals surface area (Å²) in [5, 5.41) is 0. The van der Waals surface area contributed by atoms with E-state index in [1.165, 1.54) is 19.2 Å². The minimum Gasteiger partial charge on any atom is -0.494 e. The first kappa shape index (κ1) is 16.0. The SMILES string of the molecule is COc1cc(F)cc(Br)c1N1C(N)=NC(N)=NC12CCCCC2. The number of guanidine groups is 2. The number of nitrogens with two attached hydrogens (primary N) is 2. The smallest absolute Gasteiger partial charge is 0.220 e. The molecule has 8 heteroatoms. The van der Waals surface area contributed by atoms with Gasteiger partial charge in [-0.1, -0.05) is 6.42 Å². The van der Waals surface area contributed by atoms with Gasteiger partial charge in [0, 0.05) is 10.5 Å². The Hall–Kier alpha value is -1.83. The second kappa shape index (κ2) is 5.99. The summed E-state index contributed by atoms with van der Waals surface area (Å²) in [7, 11) is 1.49. The lowest BCUT2D eigenvalue weighted by atomic mass is 9.87. The van der Waals surface area contributed by atoms with Crippen LogP contribution in [-0.4, -0.2) is 24.7 Å². The monoisotopic (exact) mass is 383 g/mol. The molecule has 0 radical (unpaired) electrons. The Morgan fingerprint density at radius 2 is 1.96 bits per heavy atom. The van der Waals surface area contributed by atoms with Gasteiger partial charge >= 0.3 is 0 Å². The van der Waals surface area contributed by atoms with Gasteiger partial charge < -0.3 is 16.2 Å². The van der Waals surface area contributed by atoms with E-state index < -0.39 is 11.5 Å². The molecule has 4 N–H and O–H groups in total. The molecular weight excluding hydrogens is 365 g/mol. The molecule has 23 heavy (non-hydrogen) atoms. The van der Waals surface area contributed by atoms with E-state index in [4.69, 9.17) is 16.2 Å². The molecule has 1 aromatic rings. The highest BCUT2D eigenvalue weighted by Gasteiger charge is 2.44. The van der Waals surface area contributed by atoms with E-state index in [1.807, 2.05) is 4.90 Å². The zero-order valence-corrected chi connectivity index (χ0v) is 14.4. The van der Waals surface area contributed by atoms with Crippen molar-refractivity contribution in [3.8, 4) is 5.75 Å². The molecule has 0 unspecified atom stereocenters. The van der Waals surface area contributed by atoms with Crippen LogP contribution in [0.3, 0.4) is 0 Å². The number of methoxy groups -OCH3 is 1. The molecular formula is C15H19BrFN5O. The highest BCUT2D eigenvalue weighted by molar-refractivity contribution is 9.10. The zero-order valence-electron chi connectivity index (χ0n) is 12.9. The Bertz CT molecular complexity index is 685. The van der Waals surface area contributed by atoms with Gasteiger partial charge in [0.05, 0.1) is 7.11 Å². The third-order valence-electron chi connectivity index (χ3n) is 4.29. The highest BCUT2D eigenvalue weighted by atomic mass is 79.9. The maximum atomic E-state index is 13.7. The van der Waals surface area contributed by atoms with Crippen molar-refractivity contribution < 1.29 is 9.13 Å². The summed E-state index contributed by atoms with van der Waals surface area (Å²) in [6, 6.07) is 2.70. The molecule has 3 rings (SSSR count). The van der Waals surface area contributed by atoms with E-state index in [9.17, 15) is 4.39 Å². The summed E-state index contributed by atoms with van der Waals surface area (Å²) < 4.78 is 19.6. The van der Waals surface area contributed by atoms with Crippen LogP contribution in [0.2, 0.25) is 0 Å². The summed E-state index contributed by atoms with van der Waals surface area (Å²) >= 11 is 3.41. The molecule has 124 valence electrons. The number of halogens is 2. The van der Waals surface area contributed by atoms with Crippen molar-refractivity contribution in [2.45, 2.75) is 37.8 Å². The van der Waals surface area contributed by atoms with Crippen molar-refractivity contribution in [1.29, 1.82) is 0 Å². The first-order chi connectivity index (χ1) is 11.0. The van der Waals surface area contributed by atoms with Crippen LogP contribution in [0.1, 0.15) is 32.1 Å². The third-order valence-corrected chi connectivity index (χ3v) is 4.89. The van der Waals surface area contributed by atoms with Crippen LogP contribution in [0, 0.1) is 5.82 Å². The van der Waals surface area contributed by atoms with Crippen molar-refractivity contribution >= 4 is 33.5 Å². The molecule has 0 aromatic heterocycles. The number of rotatable bonds is 2. The maximum absolute atomic E-state index is 13.7. The van der Waals surface area contributed by atoms with Crippen LogP contribution >= 0.6 is 15.9 Å². The van der Waals surface area contributed by atoms with Gasteiger partial charge in [0.2, 0.25) is 11.9 Å². The maximum Gasteiger partial charge on any atom is 0.220 e. The van der Waals surface area contributed by atoms with Gasteiger partial charge in [0.25, 0.3) is 0 Å². The van der Waals surface area contributed by atoms with E-state index in [0.29, 0.717) is 15.9 Å². The quantitative estimate of drug-likeness (QED) is 0.821. The zero-order chi connectivity index (χ0) is 16.6. The lowest BCUT2D eigenvalue weighted by molar-refractivity contribution is 0.302. The van der Waals surface area contributed by atoms with Gasteiger partial charge in [-0.15, -0.1) is 0 Å². The molecule has 1 saturated carbocycles. The van der Waals surface area contributed by atoms with Crippen LogP contribution in [0.25, 0.3) is 0 Å². The molecule has 0 saturated heterocycles. The highest BCUT2D eigenvalue weighted by Crippen LogP contribution is 2.45. The van der Waals surface area contributed by atoms with Crippen LogP contribution < -0.4 is 21.1 Å². The fraction of sp³-hybridized carbons (Fsp3) is 0.467. The average Bonchev–Trinajstić information content (AvgIpc) is 2.49. The predicted octanol–water partition coefficient (Wildman–Crippen LogP) is 2.71. The van der Waals surface area contributed by atoms with Gasteiger partial charge in [-0.3, -0.25) is 4.90 Å². The normalized spacial score (nSPS) is 20.2. The van der Waals surface area contributed by atoms with Gasteiger partial charge in [-0.25, -0.2) is 9.38 Å². The fourth-order valence-electron chi connectivity index (χ4n) is 3.36. The number of hydrogen-bond acceptors (Lipinski definition) is 6. The van der Waals surface area contributed by atoms with E-state index in [2.05, 4.69) is 25.9 Å². The molecule has 0 atom stereocenters. The average molecular weight is 384 g/mol. The first-order valence-electron chi connectivity index (χ1n) is 7.49. The lowest BCUT2D eigenvalue weighted by Crippen LogP contribution is -2.58. The largest absolute Gasteiger partial charge is 0.494 e. The molecule has 0 bridgehead atoms. The van der Waals surface area contributed by atoms with E-state index in [1.54, 1.807) is 0 Å². The Morgan fingerprint density at radius 1 is 1.26 bits per heavy atom. The molecule has 1 aliphatic carbocycles. The molecule has 1 aliphatic heterocycles. The first-order valence-corrected chi connectivity index (χ1v) is 8.29. The van der Waals surface area contributed by atoms with Gasteiger partial charge in [-0.05, 0) is 47.7 Å². The van der Waals surface area contributed by atoms with Crippen LogP contribution in [0.4, 0.5) is 10.1 Å². The molecule has 1 heterocycles. The molecule has 0 amide bonds. The number of nitrogens with zero attached hydrogens (tertiary/aromatic N) is 3. The summed E-state index contributed by atoms with van der Waals surface area (Å²) in [6.45, 7) is 0. The Balaban J connectivity index is 2.18. The standard InChI is InChI=1S/C15H19BrFN5O/c1-23-11-8-9(17)7-10(16)12(11)22-14(19)20-13(18)21-15(22)5-3-2-4-6-15/h7-8H,2-6H2,1H3,(H4,18,19,20,21). The topological polar surface area (TPSA) is 89.2 Å². The Kier molecular flexibility index (Phi) is 4.18. The Labute approximate surface area is 142 Å². The molecule has 1 spiro atoms. The van der Waals surface area contributed by atoms with Gasteiger partial charge in [0.15, 0.2) is 0 Å². The summed E-state index contributed by atoms with van der Waals surface area (Å²) in [5.74, 6) is 0.393. The van der Waals surface area contributed by atoms with Crippen molar-refractivity contribution in [1.82, 2.24) is 0 Å². The minimum atomic E-state index is -0.595. The number of anilines is 1. The predicted molar refractivity (Wildman–Crippen MR) is 92.2 cm³/mol. The molecule has 2 aliphatic rings. The van der Waals surface area contributed by atoms with Gasteiger partial charge in [-0.2, -0.15) is 4.99 Å². The third kappa shape index (κ3) is 2.75. The number of benzene rings is 1. The summed E-state index contributed by atoms with van der Waals surface area (Å²) in [4.78, 5) is 10.5. The number of aliphatic imine (C=N–C) groups is 2. The van der Waals surface area contributed by atoms with E-state index in [-0.39, 0.29) is 11.9 Å². The van der Waals surface area contributed by atoms with Crippen molar-refractivity contribution in [3.05, 3.63) is 22.4 Å².